The lowest BCUT2D eigenvalue weighted by molar-refractivity contribution is -0.121. The summed E-state index contributed by atoms with van der Waals surface area (Å²) in [7, 11) is 0. The van der Waals surface area contributed by atoms with Crippen LogP contribution in [0.4, 0.5) is 0 Å². The second kappa shape index (κ2) is 9.12. The second-order valence-corrected chi connectivity index (χ2v) is 7.98. The van der Waals surface area contributed by atoms with Gasteiger partial charge in [0.15, 0.2) is 0 Å². The van der Waals surface area contributed by atoms with Gasteiger partial charge in [0.05, 0.1) is 17.2 Å². The number of carbonyl (C=O) groups is 2. The minimum atomic E-state index is -0.274. The Morgan fingerprint density at radius 3 is 2.52 bits per heavy atom. The van der Waals surface area contributed by atoms with E-state index >= 15 is 0 Å². The molecule has 1 aliphatic rings. The number of piperidine rings is 1. The van der Waals surface area contributed by atoms with Crippen LogP contribution in [0.2, 0.25) is 0 Å². The van der Waals surface area contributed by atoms with E-state index in [0.717, 1.165) is 37.1 Å². The lowest BCUT2D eigenvalue weighted by atomic mass is 10.1. The molecule has 1 aromatic heterocycles. The fraction of sp³-hybridized carbons (Fsp3) is 0.333. The molecule has 1 aliphatic heterocycles. The van der Waals surface area contributed by atoms with Crippen LogP contribution in [-0.4, -0.2) is 39.4 Å². The third-order valence-corrected chi connectivity index (χ3v) is 5.70. The summed E-state index contributed by atoms with van der Waals surface area (Å²) in [4.78, 5) is 43.8. The standard InChI is InChI=1S/C24H26N4O3/c1-17-6-5-7-20-22(17)26-16-28(24(20)31)15-21(29)25-14-18-8-10-19(11-9-18)23(30)27-12-3-2-4-13-27/h5-11,16H,2-4,12-15H2,1H3,(H,25,29). The number of amides is 2. The molecule has 1 fully saturated rings. The van der Waals surface area contributed by atoms with E-state index in [2.05, 4.69) is 10.3 Å². The summed E-state index contributed by atoms with van der Waals surface area (Å²) in [6.45, 7) is 3.77. The number of likely N-dealkylation sites (tertiary alicyclic amines) is 1. The fourth-order valence-electron chi connectivity index (χ4n) is 3.91. The summed E-state index contributed by atoms with van der Waals surface area (Å²) < 4.78 is 1.32. The van der Waals surface area contributed by atoms with Gasteiger partial charge in [0, 0.05) is 25.2 Å². The number of rotatable bonds is 5. The highest BCUT2D eigenvalue weighted by Gasteiger charge is 2.18. The Labute approximate surface area is 180 Å². The van der Waals surface area contributed by atoms with Crippen LogP contribution in [0.1, 0.15) is 40.7 Å². The van der Waals surface area contributed by atoms with Crippen molar-refractivity contribution in [3.05, 3.63) is 75.8 Å². The molecule has 0 unspecified atom stereocenters. The molecule has 7 nitrogen and oxygen atoms in total. The molecule has 1 N–H and O–H groups in total. The Morgan fingerprint density at radius 2 is 1.77 bits per heavy atom. The quantitative estimate of drug-likeness (QED) is 0.690. The summed E-state index contributed by atoms with van der Waals surface area (Å²) in [5.74, 6) is -0.210. The number of hydrogen-bond acceptors (Lipinski definition) is 4. The van der Waals surface area contributed by atoms with Crippen molar-refractivity contribution in [2.24, 2.45) is 0 Å². The molecule has 7 heteroatoms. The molecule has 2 amide bonds. The monoisotopic (exact) mass is 418 g/mol. The van der Waals surface area contributed by atoms with Gasteiger partial charge in [0.1, 0.15) is 6.54 Å². The van der Waals surface area contributed by atoms with Crippen molar-refractivity contribution in [3.8, 4) is 0 Å². The van der Waals surface area contributed by atoms with Gasteiger partial charge >= 0.3 is 0 Å². The Hall–Kier alpha value is -3.48. The zero-order valence-electron chi connectivity index (χ0n) is 17.6. The molecule has 4 rings (SSSR count). The van der Waals surface area contributed by atoms with Crippen LogP contribution in [0.5, 0.6) is 0 Å². The molecule has 3 aromatic rings. The Balaban J connectivity index is 1.36. The first-order chi connectivity index (χ1) is 15.0. The van der Waals surface area contributed by atoms with Gasteiger partial charge in [-0.2, -0.15) is 0 Å². The van der Waals surface area contributed by atoms with Gasteiger partial charge in [-0.25, -0.2) is 4.98 Å². The molecule has 0 radical (unpaired) electrons. The summed E-state index contributed by atoms with van der Waals surface area (Å²) >= 11 is 0. The summed E-state index contributed by atoms with van der Waals surface area (Å²) in [5.41, 5.74) is 2.91. The lowest BCUT2D eigenvalue weighted by Gasteiger charge is -2.26. The van der Waals surface area contributed by atoms with Crippen LogP contribution in [-0.2, 0) is 17.9 Å². The number of fused-ring (bicyclic) bond motifs is 1. The van der Waals surface area contributed by atoms with E-state index in [0.29, 0.717) is 23.0 Å². The van der Waals surface area contributed by atoms with Crippen LogP contribution in [0.15, 0.2) is 53.6 Å². The number of benzene rings is 2. The molecule has 0 spiro atoms. The minimum absolute atomic E-state index is 0.0636. The number of aromatic nitrogens is 2. The first-order valence-corrected chi connectivity index (χ1v) is 10.6. The highest BCUT2D eigenvalue weighted by molar-refractivity contribution is 5.94. The van der Waals surface area contributed by atoms with Crippen molar-refractivity contribution in [3.63, 3.8) is 0 Å². The van der Waals surface area contributed by atoms with Gasteiger partial charge in [-0.15, -0.1) is 0 Å². The highest BCUT2D eigenvalue weighted by Crippen LogP contribution is 2.14. The van der Waals surface area contributed by atoms with Crippen molar-refractivity contribution < 1.29 is 9.59 Å². The second-order valence-electron chi connectivity index (χ2n) is 7.98. The topological polar surface area (TPSA) is 84.3 Å². The third-order valence-electron chi connectivity index (χ3n) is 5.70. The predicted octanol–water partition coefficient (Wildman–Crippen LogP) is 2.65. The lowest BCUT2D eigenvalue weighted by Crippen LogP contribution is -2.35. The molecular formula is C24H26N4O3. The van der Waals surface area contributed by atoms with E-state index in [1.807, 2.05) is 36.1 Å². The van der Waals surface area contributed by atoms with Crippen molar-refractivity contribution in [2.75, 3.05) is 13.1 Å². The maximum Gasteiger partial charge on any atom is 0.261 e. The van der Waals surface area contributed by atoms with Crippen LogP contribution >= 0.6 is 0 Å². The van der Waals surface area contributed by atoms with Crippen LogP contribution in [0.25, 0.3) is 10.9 Å². The summed E-state index contributed by atoms with van der Waals surface area (Å²) in [6.07, 6.45) is 4.72. The number of para-hydroxylation sites is 1. The van der Waals surface area contributed by atoms with Crippen molar-refractivity contribution >= 4 is 22.7 Å². The molecule has 160 valence electrons. The molecule has 0 bridgehead atoms. The number of hydrogen-bond donors (Lipinski definition) is 1. The van der Waals surface area contributed by atoms with Gasteiger partial charge in [-0.1, -0.05) is 24.3 Å². The first kappa shape index (κ1) is 20.8. The fourth-order valence-corrected chi connectivity index (χ4v) is 3.91. The van der Waals surface area contributed by atoms with E-state index in [9.17, 15) is 14.4 Å². The molecule has 31 heavy (non-hydrogen) atoms. The normalized spacial score (nSPS) is 13.9. The maximum absolute atomic E-state index is 12.6. The average molecular weight is 418 g/mol. The number of nitrogens with one attached hydrogen (secondary N) is 1. The van der Waals surface area contributed by atoms with Crippen molar-refractivity contribution in [2.45, 2.75) is 39.3 Å². The number of carbonyl (C=O) groups excluding carboxylic acids is 2. The van der Waals surface area contributed by atoms with Crippen molar-refractivity contribution in [1.29, 1.82) is 0 Å². The zero-order valence-corrected chi connectivity index (χ0v) is 17.6. The van der Waals surface area contributed by atoms with Gasteiger partial charge in [-0.3, -0.25) is 19.0 Å². The van der Waals surface area contributed by atoms with E-state index < -0.39 is 0 Å². The minimum Gasteiger partial charge on any atom is -0.350 e. The van der Waals surface area contributed by atoms with Gasteiger partial charge in [-0.05, 0) is 55.5 Å². The van der Waals surface area contributed by atoms with E-state index in [-0.39, 0.29) is 23.9 Å². The smallest absolute Gasteiger partial charge is 0.261 e. The molecule has 2 aromatic carbocycles. The van der Waals surface area contributed by atoms with Gasteiger partial charge < -0.3 is 10.2 Å². The molecule has 0 aliphatic carbocycles. The average Bonchev–Trinajstić information content (AvgIpc) is 2.80. The first-order valence-electron chi connectivity index (χ1n) is 10.6. The van der Waals surface area contributed by atoms with Crippen molar-refractivity contribution in [1.82, 2.24) is 19.8 Å². The Bertz CT molecular complexity index is 1160. The molecule has 0 atom stereocenters. The molecule has 2 heterocycles. The highest BCUT2D eigenvalue weighted by atomic mass is 16.2. The van der Waals surface area contributed by atoms with Crippen LogP contribution in [0.3, 0.4) is 0 Å². The van der Waals surface area contributed by atoms with E-state index in [1.165, 1.54) is 17.3 Å². The predicted molar refractivity (Wildman–Crippen MR) is 119 cm³/mol. The third kappa shape index (κ3) is 4.66. The maximum atomic E-state index is 12.6. The van der Waals surface area contributed by atoms with Crippen LogP contribution < -0.4 is 10.9 Å². The van der Waals surface area contributed by atoms with E-state index in [1.54, 1.807) is 18.2 Å². The zero-order chi connectivity index (χ0) is 21.8. The van der Waals surface area contributed by atoms with Crippen LogP contribution in [0, 0.1) is 6.92 Å². The molecule has 1 saturated heterocycles. The summed E-state index contributed by atoms with van der Waals surface area (Å²) in [6, 6.07) is 12.7. The van der Waals surface area contributed by atoms with Gasteiger partial charge in [0.2, 0.25) is 5.91 Å². The Morgan fingerprint density at radius 1 is 1.03 bits per heavy atom. The number of nitrogens with zero attached hydrogens (tertiary/aromatic N) is 3. The largest absolute Gasteiger partial charge is 0.350 e. The number of aryl methyl sites for hydroxylation is 1. The van der Waals surface area contributed by atoms with E-state index in [4.69, 9.17) is 0 Å². The molecular weight excluding hydrogens is 392 g/mol. The molecule has 0 saturated carbocycles. The SMILES string of the molecule is Cc1cccc2c(=O)n(CC(=O)NCc3ccc(C(=O)N4CCCCC4)cc3)cnc12. The summed E-state index contributed by atoms with van der Waals surface area (Å²) in [5, 5.41) is 3.33. The Kier molecular flexibility index (Phi) is 6.11. The van der Waals surface area contributed by atoms with Gasteiger partial charge in [0.25, 0.3) is 11.5 Å².